The number of hydrogen-bond donors (Lipinski definition) is 0. The van der Waals surface area contributed by atoms with Crippen molar-refractivity contribution in [3.05, 3.63) is 0 Å². The van der Waals surface area contributed by atoms with Crippen LogP contribution in [-0.4, -0.2) is 46.4 Å². The van der Waals surface area contributed by atoms with Crippen molar-refractivity contribution in [2.24, 2.45) is 5.92 Å². The van der Waals surface area contributed by atoms with Crippen LogP contribution in [0.1, 0.15) is 38.5 Å². The van der Waals surface area contributed by atoms with Gasteiger partial charge < -0.3 is 9.22 Å². The van der Waals surface area contributed by atoms with Gasteiger partial charge in [0, 0.05) is 13.7 Å². The molecule has 0 amide bonds. The number of quaternary nitrogens is 1. The molecule has 0 aromatic carbocycles. The Labute approximate surface area is 96.2 Å². The molecule has 15 heavy (non-hydrogen) atoms. The van der Waals surface area contributed by atoms with Gasteiger partial charge in [0.25, 0.3) is 0 Å². The van der Waals surface area contributed by atoms with Crippen LogP contribution in [0.5, 0.6) is 0 Å². The molecule has 0 N–H and O–H groups in total. The van der Waals surface area contributed by atoms with Crippen molar-refractivity contribution in [2.75, 3.05) is 41.9 Å². The Kier molecular flexibility index (Phi) is 8.07. The molecule has 92 valence electrons. The zero-order chi connectivity index (χ0) is 11.7. The van der Waals surface area contributed by atoms with Gasteiger partial charge in [-0.15, -0.1) is 0 Å². The van der Waals surface area contributed by atoms with E-state index < -0.39 is 0 Å². The van der Waals surface area contributed by atoms with Crippen molar-refractivity contribution in [1.29, 1.82) is 0 Å². The Morgan fingerprint density at radius 3 is 1.87 bits per heavy atom. The van der Waals surface area contributed by atoms with Crippen LogP contribution >= 0.6 is 0 Å². The molecule has 1 aliphatic carbocycles. The second kappa shape index (κ2) is 8.12. The van der Waals surface area contributed by atoms with Gasteiger partial charge in [-0.3, -0.25) is 0 Å². The highest BCUT2D eigenvalue weighted by Gasteiger charge is 2.11. The quantitative estimate of drug-likeness (QED) is 0.659. The fourth-order valence-corrected chi connectivity index (χ4v) is 1.76. The third kappa shape index (κ3) is 13.9. The van der Waals surface area contributed by atoms with Gasteiger partial charge in [0.15, 0.2) is 0 Å². The number of rotatable bonds is 3. The standard InChI is InChI=1S/C9H18O.C4H12N/c1-10-8-7-9-5-3-2-4-6-9;1-5(2,3)4/h9H,2-8H2,1H3;1-4H3/q;+1. The van der Waals surface area contributed by atoms with E-state index in [1.54, 1.807) is 7.11 Å². The first-order valence-corrected chi connectivity index (χ1v) is 6.21. The fraction of sp³-hybridized carbons (Fsp3) is 1.00. The molecule has 0 atom stereocenters. The molecule has 1 fully saturated rings. The molecule has 0 unspecified atom stereocenters. The molecule has 0 heterocycles. The number of hydrogen-bond acceptors (Lipinski definition) is 1. The molecule has 1 aliphatic rings. The first-order chi connectivity index (χ1) is 6.93. The van der Waals surface area contributed by atoms with Crippen LogP contribution in [0.2, 0.25) is 0 Å². The van der Waals surface area contributed by atoms with Crippen LogP contribution < -0.4 is 0 Å². The summed E-state index contributed by atoms with van der Waals surface area (Å²) in [6, 6.07) is 0. The average molecular weight is 216 g/mol. The van der Waals surface area contributed by atoms with Crippen molar-refractivity contribution in [1.82, 2.24) is 0 Å². The maximum absolute atomic E-state index is 5.04. The van der Waals surface area contributed by atoms with Gasteiger partial charge in [0.1, 0.15) is 0 Å². The van der Waals surface area contributed by atoms with Crippen molar-refractivity contribution < 1.29 is 9.22 Å². The normalized spacial score (nSPS) is 18.2. The van der Waals surface area contributed by atoms with Crippen LogP contribution in [0.15, 0.2) is 0 Å². The van der Waals surface area contributed by atoms with Gasteiger partial charge >= 0.3 is 0 Å². The van der Waals surface area contributed by atoms with E-state index in [0.717, 1.165) is 17.0 Å². The highest BCUT2D eigenvalue weighted by atomic mass is 16.5. The summed E-state index contributed by atoms with van der Waals surface area (Å²) in [4.78, 5) is 0. The first-order valence-electron chi connectivity index (χ1n) is 6.21. The van der Waals surface area contributed by atoms with E-state index in [1.807, 2.05) is 0 Å². The minimum absolute atomic E-state index is 0.963. The first kappa shape index (κ1) is 14.9. The largest absolute Gasteiger partial charge is 0.385 e. The molecule has 0 aromatic rings. The molecule has 2 nitrogen and oxygen atoms in total. The van der Waals surface area contributed by atoms with Gasteiger partial charge in [-0.25, -0.2) is 0 Å². The fourth-order valence-electron chi connectivity index (χ4n) is 1.76. The maximum atomic E-state index is 5.04. The predicted octanol–water partition coefficient (Wildman–Crippen LogP) is 2.93. The summed E-state index contributed by atoms with van der Waals surface area (Å²) in [5.74, 6) is 0.980. The van der Waals surface area contributed by atoms with E-state index >= 15 is 0 Å². The van der Waals surface area contributed by atoms with Crippen LogP contribution in [0.4, 0.5) is 0 Å². The number of ether oxygens (including phenoxy) is 1. The Hall–Kier alpha value is -0.0800. The zero-order valence-corrected chi connectivity index (χ0v) is 11.4. The van der Waals surface area contributed by atoms with Crippen molar-refractivity contribution in [2.45, 2.75) is 38.5 Å². The lowest BCUT2D eigenvalue weighted by Gasteiger charge is -2.20. The third-order valence-electron chi connectivity index (χ3n) is 2.45. The summed E-state index contributed by atoms with van der Waals surface area (Å²) >= 11 is 0. The third-order valence-corrected chi connectivity index (χ3v) is 2.45. The van der Waals surface area contributed by atoms with Crippen LogP contribution in [0, 0.1) is 5.92 Å². The average Bonchev–Trinajstić information content (AvgIpc) is 2.14. The minimum atomic E-state index is 0.963. The summed E-state index contributed by atoms with van der Waals surface area (Å²) in [5, 5.41) is 0. The lowest BCUT2D eigenvalue weighted by molar-refractivity contribution is -0.849. The van der Waals surface area contributed by atoms with Gasteiger partial charge in [-0.1, -0.05) is 32.1 Å². The number of nitrogens with zero attached hydrogens (tertiary/aromatic N) is 1. The maximum Gasteiger partial charge on any atom is 0.0675 e. The minimum Gasteiger partial charge on any atom is -0.385 e. The summed E-state index contributed by atoms with van der Waals surface area (Å²) < 4.78 is 6.04. The summed E-state index contributed by atoms with van der Waals surface area (Å²) in [6.45, 7) is 0.963. The molecular formula is C13H30NO+. The van der Waals surface area contributed by atoms with Gasteiger partial charge in [-0.2, -0.15) is 0 Å². The second-order valence-corrected chi connectivity index (χ2v) is 5.97. The smallest absolute Gasteiger partial charge is 0.0675 e. The SMILES string of the molecule is COCCC1CCCCC1.C[N+](C)(C)C. The Morgan fingerprint density at radius 2 is 1.47 bits per heavy atom. The molecule has 0 spiro atoms. The van der Waals surface area contributed by atoms with E-state index in [-0.39, 0.29) is 0 Å². The summed E-state index contributed by atoms with van der Waals surface area (Å²) in [7, 11) is 10.3. The topological polar surface area (TPSA) is 9.23 Å². The van der Waals surface area contributed by atoms with Crippen molar-refractivity contribution >= 4 is 0 Å². The molecule has 0 bridgehead atoms. The van der Waals surface area contributed by atoms with Gasteiger partial charge in [-0.05, 0) is 12.3 Å². The molecule has 1 saturated carbocycles. The molecule has 1 rings (SSSR count). The van der Waals surface area contributed by atoms with E-state index in [1.165, 1.54) is 38.5 Å². The van der Waals surface area contributed by atoms with Gasteiger partial charge in [0.05, 0.1) is 28.2 Å². The molecule has 0 aromatic heterocycles. The number of methoxy groups -OCH3 is 1. The zero-order valence-electron chi connectivity index (χ0n) is 11.4. The molecule has 0 aliphatic heterocycles. The second-order valence-electron chi connectivity index (χ2n) is 5.97. The Balaban J connectivity index is 0.000000336. The van der Waals surface area contributed by atoms with E-state index in [0.29, 0.717) is 0 Å². The summed E-state index contributed by atoms with van der Waals surface area (Å²) in [5.41, 5.74) is 0. The predicted molar refractivity (Wildman–Crippen MR) is 67.0 cm³/mol. The van der Waals surface area contributed by atoms with Crippen LogP contribution in [-0.2, 0) is 4.74 Å². The van der Waals surface area contributed by atoms with E-state index in [9.17, 15) is 0 Å². The lowest BCUT2D eigenvalue weighted by Crippen LogP contribution is -2.27. The monoisotopic (exact) mass is 216 g/mol. The highest BCUT2D eigenvalue weighted by molar-refractivity contribution is 4.64. The van der Waals surface area contributed by atoms with E-state index in [4.69, 9.17) is 4.74 Å². The van der Waals surface area contributed by atoms with Crippen molar-refractivity contribution in [3.8, 4) is 0 Å². The Bertz CT molecular complexity index is 128. The molecule has 2 heteroatoms. The molecular weight excluding hydrogens is 186 g/mol. The lowest BCUT2D eigenvalue weighted by atomic mass is 9.87. The van der Waals surface area contributed by atoms with Crippen molar-refractivity contribution in [3.63, 3.8) is 0 Å². The highest BCUT2D eigenvalue weighted by Crippen LogP contribution is 2.25. The van der Waals surface area contributed by atoms with Crippen LogP contribution in [0.3, 0.4) is 0 Å². The summed E-state index contributed by atoms with van der Waals surface area (Å²) in [6.07, 6.45) is 8.55. The Morgan fingerprint density at radius 1 is 1.00 bits per heavy atom. The van der Waals surface area contributed by atoms with Gasteiger partial charge in [0.2, 0.25) is 0 Å². The molecule has 0 radical (unpaired) electrons. The van der Waals surface area contributed by atoms with E-state index in [2.05, 4.69) is 28.2 Å². The van der Waals surface area contributed by atoms with Crippen LogP contribution in [0.25, 0.3) is 0 Å². The molecule has 0 saturated heterocycles.